The number of hydrogen-bond acceptors (Lipinski definition) is 6. The summed E-state index contributed by atoms with van der Waals surface area (Å²) in [7, 11) is 0. The minimum Gasteiger partial charge on any atom is -0.405 e. The number of rotatable bonds is 5. The third-order valence-corrected chi connectivity index (χ3v) is 4.71. The third kappa shape index (κ3) is 3.72. The Morgan fingerprint density at radius 3 is 1.83 bits per heavy atom. The van der Waals surface area contributed by atoms with Gasteiger partial charge in [-0.2, -0.15) is 4.21 Å². The second-order valence-corrected chi connectivity index (χ2v) is 6.69. The Hall–Kier alpha value is -3.44. The second-order valence-electron chi connectivity index (χ2n) is 5.97. The molecule has 0 N–H and O–H groups in total. The van der Waals surface area contributed by atoms with Crippen LogP contribution in [0.25, 0.3) is 10.8 Å². The Kier molecular flexibility index (Phi) is 4.92. The summed E-state index contributed by atoms with van der Waals surface area (Å²) in [6.45, 7) is 0. The van der Waals surface area contributed by atoms with Crippen molar-refractivity contribution in [1.29, 1.82) is 0 Å². The van der Waals surface area contributed by atoms with Crippen LogP contribution < -0.4 is 8.92 Å². The van der Waals surface area contributed by atoms with Crippen molar-refractivity contribution in [3.63, 3.8) is 0 Å². The molecule has 0 aromatic heterocycles. The van der Waals surface area contributed by atoms with E-state index in [4.69, 9.17) is 8.47 Å². The average molecular weight is 437 g/mol. The Labute approximate surface area is 169 Å². The summed E-state index contributed by atoms with van der Waals surface area (Å²) in [5.41, 5.74) is 0.164. The van der Waals surface area contributed by atoms with E-state index in [-0.39, 0.29) is 27.6 Å². The van der Waals surface area contributed by atoms with E-state index in [0.717, 1.165) is 12.1 Å². The number of hydrogen-bond donors (Lipinski definition) is 0. The maximum absolute atomic E-state index is 12.6. The van der Waals surface area contributed by atoms with E-state index >= 15 is 0 Å². The summed E-state index contributed by atoms with van der Waals surface area (Å²) in [5.74, 6) is -2.20. The first kappa shape index (κ1) is 19.9. The monoisotopic (exact) mass is 437 g/mol. The SMILES string of the molecule is O=C1c2ccccc2C(=O)N1OS(=O)Oc1ccc(OC(F)(F)F)c2ccccc12. The first-order valence-corrected chi connectivity index (χ1v) is 9.28. The van der Waals surface area contributed by atoms with Crippen molar-refractivity contribution in [1.82, 2.24) is 5.06 Å². The van der Waals surface area contributed by atoms with Crippen LogP contribution in [-0.4, -0.2) is 27.4 Å². The number of amides is 2. The van der Waals surface area contributed by atoms with Crippen LogP contribution in [0.5, 0.6) is 11.5 Å². The standard InChI is InChI=1S/C19H10F3NO6S/c20-19(21,22)27-15-9-10-16(12-6-2-1-5-11(12)15)28-30(26)29-23-17(24)13-7-3-4-8-14(13)18(23)25/h1-10H. The van der Waals surface area contributed by atoms with Gasteiger partial charge in [-0.25, -0.2) is 0 Å². The Balaban J connectivity index is 1.57. The van der Waals surface area contributed by atoms with Gasteiger partial charge >= 0.3 is 17.7 Å². The summed E-state index contributed by atoms with van der Waals surface area (Å²) >= 11 is -2.65. The molecule has 154 valence electrons. The van der Waals surface area contributed by atoms with Crippen LogP contribution in [0.3, 0.4) is 0 Å². The fourth-order valence-electron chi connectivity index (χ4n) is 2.91. The predicted molar refractivity (Wildman–Crippen MR) is 97.4 cm³/mol. The molecule has 0 saturated carbocycles. The molecule has 1 heterocycles. The zero-order chi connectivity index (χ0) is 21.5. The number of halogens is 3. The minimum atomic E-state index is -4.90. The molecule has 3 aromatic carbocycles. The molecule has 1 unspecified atom stereocenters. The summed E-state index contributed by atoms with van der Waals surface area (Å²) in [4.78, 5) is 24.5. The van der Waals surface area contributed by atoms with Crippen LogP contribution in [0, 0.1) is 0 Å². The zero-order valence-corrected chi connectivity index (χ0v) is 15.5. The van der Waals surface area contributed by atoms with Gasteiger partial charge in [0.25, 0.3) is 11.8 Å². The van der Waals surface area contributed by atoms with Crippen LogP contribution in [0.2, 0.25) is 0 Å². The molecule has 30 heavy (non-hydrogen) atoms. The van der Waals surface area contributed by atoms with Crippen molar-refractivity contribution in [3.05, 3.63) is 71.8 Å². The number of imide groups is 1. The molecule has 1 aliphatic rings. The molecule has 0 radical (unpaired) electrons. The normalized spacial score (nSPS) is 14.7. The molecule has 1 atom stereocenters. The van der Waals surface area contributed by atoms with Gasteiger partial charge in [0.15, 0.2) is 5.75 Å². The van der Waals surface area contributed by atoms with Gasteiger partial charge in [0, 0.05) is 10.8 Å². The highest BCUT2D eigenvalue weighted by Gasteiger charge is 2.38. The van der Waals surface area contributed by atoms with E-state index in [1.807, 2.05) is 0 Å². The quantitative estimate of drug-likeness (QED) is 0.563. The molecule has 0 spiro atoms. The molecule has 0 bridgehead atoms. The van der Waals surface area contributed by atoms with Gasteiger partial charge in [0.1, 0.15) is 5.75 Å². The lowest BCUT2D eigenvalue weighted by atomic mass is 10.1. The van der Waals surface area contributed by atoms with E-state index in [2.05, 4.69) is 4.74 Å². The zero-order valence-electron chi connectivity index (χ0n) is 14.7. The van der Waals surface area contributed by atoms with Gasteiger partial charge < -0.3 is 8.92 Å². The van der Waals surface area contributed by atoms with E-state index in [0.29, 0.717) is 5.06 Å². The molecule has 2 amide bonds. The first-order chi connectivity index (χ1) is 14.2. The molecule has 0 fully saturated rings. The highest BCUT2D eigenvalue weighted by molar-refractivity contribution is 7.75. The Morgan fingerprint density at radius 2 is 1.27 bits per heavy atom. The van der Waals surface area contributed by atoms with Gasteiger partial charge in [0.2, 0.25) is 0 Å². The number of hydroxylamine groups is 2. The van der Waals surface area contributed by atoms with Crippen LogP contribution in [0.4, 0.5) is 13.2 Å². The van der Waals surface area contributed by atoms with Crippen LogP contribution >= 0.6 is 0 Å². The number of carbonyl (C=O) groups is 2. The number of carbonyl (C=O) groups excluding carboxylic acids is 2. The number of alkyl halides is 3. The van der Waals surface area contributed by atoms with Gasteiger partial charge in [0.05, 0.1) is 11.1 Å². The maximum Gasteiger partial charge on any atom is 0.573 e. The van der Waals surface area contributed by atoms with Gasteiger partial charge in [-0.1, -0.05) is 36.4 Å². The maximum atomic E-state index is 12.6. The van der Waals surface area contributed by atoms with Crippen molar-refractivity contribution in [3.8, 4) is 11.5 Å². The molecule has 11 heteroatoms. The highest BCUT2D eigenvalue weighted by Crippen LogP contribution is 2.36. The topological polar surface area (TPSA) is 82.1 Å². The fraction of sp³-hybridized carbons (Fsp3) is 0.0526. The van der Waals surface area contributed by atoms with Gasteiger partial charge in [-0.05, 0) is 24.3 Å². The lowest BCUT2D eigenvalue weighted by molar-refractivity contribution is -0.274. The number of nitrogens with zero attached hydrogens (tertiary/aromatic N) is 1. The molecule has 7 nitrogen and oxygen atoms in total. The molecule has 4 rings (SSSR count). The molecule has 0 saturated heterocycles. The number of ether oxygens (including phenoxy) is 1. The van der Waals surface area contributed by atoms with Crippen molar-refractivity contribution < 1.29 is 40.2 Å². The van der Waals surface area contributed by atoms with Gasteiger partial charge in [-0.3, -0.25) is 9.59 Å². The lowest BCUT2D eigenvalue weighted by Crippen LogP contribution is -2.31. The fourth-order valence-corrected chi connectivity index (χ4v) is 3.49. The summed E-state index contributed by atoms with van der Waals surface area (Å²) < 4.78 is 64.1. The largest absolute Gasteiger partial charge is 0.573 e. The summed E-state index contributed by atoms with van der Waals surface area (Å²) in [6.07, 6.45) is -4.90. The third-order valence-electron chi connectivity index (χ3n) is 4.12. The van der Waals surface area contributed by atoms with Crippen LogP contribution in [0.1, 0.15) is 20.7 Å². The lowest BCUT2D eigenvalue weighted by Gasteiger charge is -2.15. The van der Waals surface area contributed by atoms with Crippen molar-refractivity contribution in [2.45, 2.75) is 6.36 Å². The van der Waals surface area contributed by atoms with E-state index in [1.165, 1.54) is 36.4 Å². The Morgan fingerprint density at radius 1 is 0.767 bits per heavy atom. The molecular formula is C19H10F3NO6S. The van der Waals surface area contributed by atoms with E-state index in [9.17, 15) is 27.0 Å². The molecule has 3 aromatic rings. The first-order valence-electron chi connectivity index (χ1n) is 8.28. The molecule has 1 aliphatic heterocycles. The number of fused-ring (bicyclic) bond motifs is 2. The number of benzene rings is 3. The highest BCUT2D eigenvalue weighted by atomic mass is 32.2. The van der Waals surface area contributed by atoms with Gasteiger partial charge in [-0.15, -0.1) is 22.5 Å². The van der Waals surface area contributed by atoms with Crippen LogP contribution in [-0.2, 0) is 15.6 Å². The second kappa shape index (κ2) is 7.43. The predicted octanol–water partition coefficient (Wildman–Crippen LogP) is 3.92. The summed E-state index contributed by atoms with van der Waals surface area (Å²) in [5, 5.41) is 0.507. The van der Waals surface area contributed by atoms with Crippen molar-refractivity contribution >= 4 is 33.9 Å². The Bertz CT molecular complexity index is 1160. The van der Waals surface area contributed by atoms with E-state index < -0.39 is 35.3 Å². The van der Waals surface area contributed by atoms with Crippen molar-refractivity contribution in [2.75, 3.05) is 0 Å². The smallest absolute Gasteiger partial charge is 0.405 e. The minimum absolute atomic E-state index is 0.0463. The van der Waals surface area contributed by atoms with Crippen molar-refractivity contribution in [2.24, 2.45) is 0 Å². The average Bonchev–Trinajstić information content (AvgIpc) is 2.94. The molecular weight excluding hydrogens is 427 g/mol. The van der Waals surface area contributed by atoms with Crippen LogP contribution in [0.15, 0.2) is 60.7 Å². The molecule has 0 aliphatic carbocycles. The van der Waals surface area contributed by atoms with E-state index in [1.54, 1.807) is 12.1 Å². The summed E-state index contributed by atoms with van der Waals surface area (Å²) in [6, 6.07) is 13.8.